The predicted molar refractivity (Wildman–Crippen MR) is 126 cm³/mol. The first-order valence-electron chi connectivity index (χ1n) is 11.2. The maximum atomic E-state index is 9.20. The van der Waals surface area contributed by atoms with Crippen LogP contribution in [0.2, 0.25) is 0 Å². The molecule has 3 aromatic heterocycles. The van der Waals surface area contributed by atoms with Crippen LogP contribution >= 0.6 is 11.3 Å². The number of morpholine rings is 1. The van der Waals surface area contributed by atoms with Gasteiger partial charge < -0.3 is 20.5 Å². The summed E-state index contributed by atoms with van der Waals surface area (Å²) in [5.41, 5.74) is 7.38. The Morgan fingerprint density at radius 2 is 1.84 bits per heavy atom. The molecule has 10 heteroatoms. The average molecular weight is 456 g/mol. The van der Waals surface area contributed by atoms with Gasteiger partial charge in [-0.25, -0.2) is 19.9 Å². The number of aliphatic hydroxyl groups is 1. The molecule has 0 amide bonds. The van der Waals surface area contributed by atoms with Crippen LogP contribution in [0.25, 0.3) is 21.6 Å². The van der Waals surface area contributed by atoms with Crippen molar-refractivity contribution in [3.63, 3.8) is 0 Å². The minimum atomic E-state index is 0.240. The van der Waals surface area contributed by atoms with Crippen molar-refractivity contribution in [3.8, 4) is 11.4 Å². The van der Waals surface area contributed by atoms with E-state index in [1.165, 1.54) is 4.88 Å². The SMILES string of the molecule is Nc1ncc(-c2nc(N3CCOCC3)c3sc(CN4CCC(CCO)CC4)cc3n2)cn1. The first-order chi connectivity index (χ1) is 15.7. The summed E-state index contributed by atoms with van der Waals surface area (Å²) >= 11 is 1.79. The highest BCUT2D eigenvalue weighted by Crippen LogP contribution is 2.35. The normalized spacial score (nSPS) is 18.5. The largest absolute Gasteiger partial charge is 0.396 e. The third kappa shape index (κ3) is 4.68. The Morgan fingerprint density at radius 1 is 1.09 bits per heavy atom. The van der Waals surface area contributed by atoms with Gasteiger partial charge in [0.1, 0.15) is 0 Å². The third-order valence-electron chi connectivity index (χ3n) is 6.27. The second-order valence-electron chi connectivity index (χ2n) is 8.46. The Kier molecular flexibility index (Phi) is 6.44. The molecule has 2 fully saturated rings. The first-order valence-corrected chi connectivity index (χ1v) is 12.1. The number of hydrogen-bond acceptors (Lipinski definition) is 10. The van der Waals surface area contributed by atoms with Gasteiger partial charge in [0.2, 0.25) is 5.95 Å². The zero-order chi connectivity index (χ0) is 21.9. The molecule has 2 saturated heterocycles. The van der Waals surface area contributed by atoms with Gasteiger partial charge in [0.15, 0.2) is 11.6 Å². The van der Waals surface area contributed by atoms with Gasteiger partial charge in [0, 0.05) is 43.5 Å². The van der Waals surface area contributed by atoms with Gasteiger partial charge in [0.25, 0.3) is 0 Å². The summed E-state index contributed by atoms with van der Waals surface area (Å²) in [7, 11) is 0. The topological polar surface area (TPSA) is 114 Å². The smallest absolute Gasteiger partial charge is 0.219 e. The van der Waals surface area contributed by atoms with E-state index in [9.17, 15) is 5.11 Å². The van der Waals surface area contributed by atoms with E-state index in [1.54, 1.807) is 23.7 Å². The van der Waals surface area contributed by atoms with Gasteiger partial charge in [-0.15, -0.1) is 11.3 Å². The molecule has 2 aliphatic heterocycles. The maximum absolute atomic E-state index is 9.20. The first kappa shape index (κ1) is 21.4. The Morgan fingerprint density at radius 3 is 2.56 bits per heavy atom. The monoisotopic (exact) mass is 455 g/mol. The zero-order valence-electron chi connectivity index (χ0n) is 18.1. The molecule has 0 radical (unpaired) electrons. The second kappa shape index (κ2) is 9.62. The van der Waals surface area contributed by atoms with Crippen molar-refractivity contribution in [2.75, 3.05) is 56.6 Å². The highest BCUT2D eigenvalue weighted by molar-refractivity contribution is 7.19. The van der Waals surface area contributed by atoms with Crippen molar-refractivity contribution in [2.24, 2.45) is 5.92 Å². The van der Waals surface area contributed by atoms with Crippen molar-refractivity contribution in [2.45, 2.75) is 25.8 Å². The van der Waals surface area contributed by atoms with Gasteiger partial charge in [-0.05, 0) is 44.3 Å². The lowest BCUT2D eigenvalue weighted by molar-refractivity contribution is 0.122. The Balaban J connectivity index is 1.44. The van der Waals surface area contributed by atoms with Crippen molar-refractivity contribution in [1.82, 2.24) is 24.8 Å². The van der Waals surface area contributed by atoms with Crippen LogP contribution < -0.4 is 10.6 Å². The van der Waals surface area contributed by atoms with Gasteiger partial charge in [-0.1, -0.05) is 0 Å². The average Bonchev–Trinajstić information content (AvgIpc) is 3.23. The maximum Gasteiger partial charge on any atom is 0.219 e. The lowest BCUT2D eigenvalue weighted by Gasteiger charge is -2.31. The summed E-state index contributed by atoms with van der Waals surface area (Å²) < 4.78 is 6.68. The number of likely N-dealkylation sites (tertiary alicyclic amines) is 1. The lowest BCUT2D eigenvalue weighted by Crippen LogP contribution is -2.36. The molecule has 32 heavy (non-hydrogen) atoms. The van der Waals surface area contributed by atoms with E-state index in [4.69, 9.17) is 20.4 Å². The second-order valence-corrected chi connectivity index (χ2v) is 9.60. The molecule has 3 aromatic rings. The Bertz CT molecular complexity index is 1040. The van der Waals surface area contributed by atoms with E-state index >= 15 is 0 Å². The summed E-state index contributed by atoms with van der Waals surface area (Å²) in [5.74, 6) is 2.47. The van der Waals surface area contributed by atoms with Crippen LogP contribution in [0.5, 0.6) is 0 Å². The van der Waals surface area contributed by atoms with E-state index in [0.29, 0.717) is 31.6 Å². The molecule has 0 aromatic carbocycles. The van der Waals surface area contributed by atoms with Gasteiger partial charge in [-0.2, -0.15) is 0 Å². The number of fused-ring (bicyclic) bond motifs is 1. The number of piperidine rings is 1. The molecule has 0 aliphatic carbocycles. The number of aliphatic hydroxyl groups excluding tert-OH is 1. The van der Waals surface area contributed by atoms with Crippen molar-refractivity contribution in [3.05, 3.63) is 23.3 Å². The number of hydrogen-bond donors (Lipinski definition) is 2. The van der Waals surface area contributed by atoms with E-state index < -0.39 is 0 Å². The summed E-state index contributed by atoms with van der Waals surface area (Å²) in [4.78, 5) is 24.1. The van der Waals surface area contributed by atoms with E-state index in [-0.39, 0.29) is 5.95 Å². The molecule has 0 spiro atoms. The van der Waals surface area contributed by atoms with Crippen molar-refractivity contribution >= 4 is 33.3 Å². The zero-order valence-corrected chi connectivity index (χ0v) is 18.9. The number of nitrogen functional groups attached to an aromatic ring is 1. The molecule has 9 nitrogen and oxygen atoms in total. The fourth-order valence-corrected chi connectivity index (χ4v) is 5.61. The highest BCUT2D eigenvalue weighted by Gasteiger charge is 2.23. The number of ether oxygens (including phenoxy) is 1. The van der Waals surface area contributed by atoms with Crippen LogP contribution in [0.1, 0.15) is 24.1 Å². The number of aromatic nitrogens is 4. The summed E-state index contributed by atoms with van der Waals surface area (Å²) in [6.07, 6.45) is 6.59. The molecule has 0 atom stereocenters. The van der Waals surface area contributed by atoms with Crippen LogP contribution in [0.4, 0.5) is 11.8 Å². The Hall–Kier alpha value is -2.40. The van der Waals surface area contributed by atoms with Crippen LogP contribution in [0.3, 0.4) is 0 Å². The molecular formula is C22H29N7O2S. The highest BCUT2D eigenvalue weighted by atomic mass is 32.1. The minimum Gasteiger partial charge on any atom is -0.396 e. The quantitative estimate of drug-likeness (QED) is 0.577. The molecule has 170 valence electrons. The van der Waals surface area contributed by atoms with Gasteiger partial charge in [0.05, 0.1) is 29.0 Å². The summed E-state index contributed by atoms with van der Waals surface area (Å²) in [6.45, 7) is 6.41. The number of rotatable bonds is 6. The molecule has 0 bridgehead atoms. The van der Waals surface area contributed by atoms with Crippen LogP contribution in [0.15, 0.2) is 18.5 Å². The van der Waals surface area contributed by atoms with Crippen molar-refractivity contribution < 1.29 is 9.84 Å². The number of nitrogens with zero attached hydrogens (tertiary/aromatic N) is 6. The number of thiophene rings is 1. The van der Waals surface area contributed by atoms with Crippen LogP contribution in [0, 0.1) is 5.92 Å². The summed E-state index contributed by atoms with van der Waals surface area (Å²) in [6, 6.07) is 2.20. The lowest BCUT2D eigenvalue weighted by atomic mass is 9.94. The third-order valence-corrected chi connectivity index (χ3v) is 7.37. The van der Waals surface area contributed by atoms with Crippen molar-refractivity contribution in [1.29, 1.82) is 0 Å². The fourth-order valence-electron chi connectivity index (χ4n) is 4.45. The molecule has 0 unspecified atom stereocenters. The van der Waals surface area contributed by atoms with Crippen LogP contribution in [-0.2, 0) is 11.3 Å². The number of nitrogens with two attached hydrogens (primary N) is 1. The molecular weight excluding hydrogens is 426 g/mol. The standard InChI is InChI=1S/C22H29N7O2S/c23-22-24-12-16(13-25-22)20-26-18-11-17(14-28-4-1-15(2-5-28)3-8-30)32-19(18)21(27-20)29-6-9-31-10-7-29/h11-13,15,30H,1-10,14H2,(H2,23,24,25). The van der Waals surface area contributed by atoms with E-state index in [0.717, 1.165) is 73.6 Å². The minimum absolute atomic E-state index is 0.240. The van der Waals surface area contributed by atoms with E-state index in [1.807, 2.05) is 0 Å². The fraction of sp³-hybridized carbons (Fsp3) is 0.545. The van der Waals surface area contributed by atoms with Gasteiger partial charge in [-0.3, -0.25) is 4.90 Å². The predicted octanol–water partition coefficient (Wildman–Crippen LogP) is 2.16. The molecule has 3 N–H and O–H groups in total. The molecule has 2 aliphatic rings. The molecule has 5 heterocycles. The molecule has 0 saturated carbocycles. The van der Waals surface area contributed by atoms with E-state index in [2.05, 4.69) is 25.8 Å². The Labute approximate surface area is 191 Å². The van der Waals surface area contributed by atoms with Crippen LogP contribution in [-0.4, -0.2) is 75.9 Å². The summed E-state index contributed by atoms with van der Waals surface area (Å²) in [5, 5.41) is 9.20. The molecule has 5 rings (SSSR count). The number of anilines is 2. The van der Waals surface area contributed by atoms with Gasteiger partial charge >= 0.3 is 0 Å².